The molecule has 1 aromatic rings. The number of benzene rings is 1. The highest BCUT2D eigenvalue weighted by atomic mass is 16.7. The van der Waals surface area contributed by atoms with Gasteiger partial charge in [0.2, 0.25) is 0 Å². The van der Waals surface area contributed by atoms with Gasteiger partial charge in [0, 0.05) is 5.56 Å². The lowest BCUT2D eigenvalue weighted by molar-refractivity contribution is -0.326. The Bertz CT molecular complexity index is 518. The highest BCUT2D eigenvalue weighted by Gasteiger charge is 2.51. The molecule has 22 heavy (non-hydrogen) atoms. The van der Waals surface area contributed by atoms with Crippen molar-refractivity contribution >= 4 is 5.97 Å². The lowest BCUT2D eigenvalue weighted by atomic mass is 9.94. The summed E-state index contributed by atoms with van der Waals surface area (Å²) in [4.78, 5) is 11.6. The van der Waals surface area contributed by atoms with Crippen molar-refractivity contribution in [1.82, 2.24) is 0 Å². The van der Waals surface area contributed by atoms with Gasteiger partial charge < -0.3 is 29.2 Å². The van der Waals surface area contributed by atoms with Gasteiger partial charge in [-0.2, -0.15) is 0 Å². The van der Waals surface area contributed by atoms with Gasteiger partial charge in [-0.15, -0.1) is 0 Å². The Balaban J connectivity index is 1.74. The molecule has 1 aromatic carbocycles. The Hall–Kier alpha value is -1.51. The predicted molar refractivity (Wildman–Crippen MR) is 72.7 cm³/mol. The molecule has 2 aliphatic heterocycles. The molecule has 2 fully saturated rings. The van der Waals surface area contributed by atoms with Crippen molar-refractivity contribution in [2.45, 2.75) is 36.8 Å². The molecule has 0 spiro atoms. The summed E-state index contributed by atoms with van der Waals surface area (Å²) < 4.78 is 21.3. The minimum atomic E-state index is -1.41. The molecule has 3 rings (SSSR count). The maximum Gasteiger partial charge on any atom is 0.337 e. The van der Waals surface area contributed by atoms with Crippen molar-refractivity contribution in [3.05, 3.63) is 35.9 Å². The number of methoxy groups -OCH3 is 1. The maximum absolute atomic E-state index is 11.6. The molecule has 0 aliphatic carbocycles. The van der Waals surface area contributed by atoms with Gasteiger partial charge in [0.1, 0.15) is 24.4 Å². The molecule has 0 radical (unpaired) electrons. The topological polar surface area (TPSA) is 94.5 Å². The fourth-order valence-electron chi connectivity index (χ4n) is 2.70. The normalized spacial score (nSPS) is 38.1. The molecule has 7 nitrogen and oxygen atoms in total. The van der Waals surface area contributed by atoms with E-state index in [9.17, 15) is 15.0 Å². The first-order valence-electron chi connectivity index (χ1n) is 7.03. The summed E-state index contributed by atoms with van der Waals surface area (Å²) in [7, 11) is 1.19. The molecule has 0 aromatic heterocycles. The van der Waals surface area contributed by atoms with E-state index in [0.29, 0.717) is 0 Å². The number of esters is 1. The third-order valence-corrected chi connectivity index (χ3v) is 3.88. The number of carbonyl (C=O) groups is 1. The highest BCUT2D eigenvalue weighted by molar-refractivity contribution is 5.75. The lowest BCUT2D eigenvalue weighted by Crippen LogP contribution is -2.63. The van der Waals surface area contributed by atoms with Crippen molar-refractivity contribution in [3.63, 3.8) is 0 Å². The molecular weight excluding hydrogens is 292 g/mol. The van der Waals surface area contributed by atoms with E-state index in [4.69, 9.17) is 14.2 Å². The van der Waals surface area contributed by atoms with E-state index in [-0.39, 0.29) is 6.61 Å². The van der Waals surface area contributed by atoms with Crippen LogP contribution in [0.2, 0.25) is 0 Å². The largest absolute Gasteiger partial charge is 0.467 e. The minimum Gasteiger partial charge on any atom is -0.467 e. The predicted octanol–water partition coefficient (Wildman–Crippen LogP) is -0.237. The number of hydrogen-bond acceptors (Lipinski definition) is 7. The van der Waals surface area contributed by atoms with Crippen LogP contribution in [0.1, 0.15) is 11.9 Å². The molecule has 7 heteroatoms. The number of rotatable bonds is 2. The molecule has 2 heterocycles. The van der Waals surface area contributed by atoms with Gasteiger partial charge in [-0.1, -0.05) is 30.3 Å². The first-order chi connectivity index (χ1) is 10.6. The summed E-state index contributed by atoms with van der Waals surface area (Å²) in [5, 5.41) is 20.3. The van der Waals surface area contributed by atoms with Crippen molar-refractivity contribution in [3.8, 4) is 0 Å². The highest BCUT2D eigenvalue weighted by Crippen LogP contribution is 2.34. The van der Waals surface area contributed by atoms with Crippen molar-refractivity contribution in [2.75, 3.05) is 13.7 Å². The van der Waals surface area contributed by atoms with Gasteiger partial charge in [0.05, 0.1) is 13.7 Å². The van der Waals surface area contributed by atoms with E-state index in [2.05, 4.69) is 4.74 Å². The zero-order chi connectivity index (χ0) is 15.7. The number of ether oxygens (including phenoxy) is 4. The molecule has 120 valence electrons. The van der Waals surface area contributed by atoms with Crippen LogP contribution in [0.4, 0.5) is 0 Å². The average Bonchev–Trinajstić information content (AvgIpc) is 2.58. The van der Waals surface area contributed by atoms with Gasteiger partial charge in [-0.25, -0.2) is 4.79 Å². The standard InChI is InChI=1S/C15H18O7/c1-19-14(18)13-11(17)10(16)12-9(21-13)7-20-15(22-12)8-5-3-2-4-6-8/h2-6,9-13,15-17H,7H2,1H3/t9-,10-,11-,12+,13-,15?/m1/s1. The third-order valence-electron chi connectivity index (χ3n) is 3.88. The summed E-state index contributed by atoms with van der Waals surface area (Å²) >= 11 is 0. The number of hydrogen-bond donors (Lipinski definition) is 2. The van der Waals surface area contributed by atoms with Gasteiger partial charge >= 0.3 is 5.97 Å². The van der Waals surface area contributed by atoms with Crippen molar-refractivity contribution in [2.24, 2.45) is 0 Å². The number of aliphatic hydroxyl groups is 2. The van der Waals surface area contributed by atoms with Crippen LogP contribution < -0.4 is 0 Å². The minimum absolute atomic E-state index is 0.140. The molecule has 1 unspecified atom stereocenters. The van der Waals surface area contributed by atoms with Crippen LogP contribution in [0.5, 0.6) is 0 Å². The average molecular weight is 310 g/mol. The molecule has 2 N–H and O–H groups in total. The Morgan fingerprint density at radius 1 is 1.18 bits per heavy atom. The van der Waals surface area contributed by atoms with Crippen LogP contribution in [-0.4, -0.2) is 60.4 Å². The zero-order valence-corrected chi connectivity index (χ0v) is 12.0. The Kier molecular flexibility index (Phi) is 4.42. The zero-order valence-electron chi connectivity index (χ0n) is 12.0. The summed E-state index contributed by atoms with van der Waals surface area (Å²) in [5.74, 6) is -0.741. The Morgan fingerprint density at radius 2 is 1.91 bits per heavy atom. The monoisotopic (exact) mass is 310 g/mol. The summed E-state index contributed by atoms with van der Waals surface area (Å²) in [6.07, 6.45) is -6.01. The molecule has 0 amide bonds. The quantitative estimate of drug-likeness (QED) is 0.728. The van der Waals surface area contributed by atoms with Crippen LogP contribution in [0, 0.1) is 0 Å². The molecule has 2 aliphatic rings. The van der Waals surface area contributed by atoms with E-state index < -0.39 is 42.8 Å². The second kappa shape index (κ2) is 6.31. The van der Waals surface area contributed by atoms with E-state index >= 15 is 0 Å². The Labute approximate surface area is 127 Å². The maximum atomic E-state index is 11.6. The van der Waals surface area contributed by atoms with Gasteiger partial charge in [-0.05, 0) is 0 Å². The second-order valence-corrected chi connectivity index (χ2v) is 5.28. The van der Waals surface area contributed by atoms with Crippen molar-refractivity contribution in [1.29, 1.82) is 0 Å². The van der Waals surface area contributed by atoms with E-state index in [1.807, 2.05) is 30.3 Å². The SMILES string of the molecule is COC(=O)[C@@H]1O[C@@H]2COC(c3ccccc3)O[C@@H]2[C@H](O)[C@H]1O. The van der Waals surface area contributed by atoms with Crippen LogP contribution in [0.3, 0.4) is 0 Å². The fourth-order valence-corrected chi connectivity index (χ4v) is 2.70. The molecular formula is C15H18O7. The molecule has 6 atom stereocenters. The fraction of sp³-hybridized carbons (Fsp3) is 0.533. The summed E-state index contributed by atoms with van der Waals surface area (Å²) in [6, 6.07) is 9.26. The first kappa shape index (κ1) is 15.4. The number of fused-ring (bicyclic) bond motifs is 1. The molecule has 0 saturated carbocycles. The van der Waals surface area contributed by atoms with Gasteiger partial charge in [-0.3, -0.25) is 0 Å². The van der Waals surface area contributed by atoms with E-state index in [0.717, 1.165) is 5.56 Å². The van der Waals surface area contributed by atoms with E-state index in [1.54, 1.807) is 0 Å². The van der Waals surface area contributed by atoms with Gasteiger partial charge in [0.25, 0.3) is 0 Å². The molecule has 0 bridgehead atoms. The Morgan fingerprint density at radius 3 is 2.59 bits per heavy atom. The van der Waals surface area contributed by atoms with E-state index in [1.165, 1.54) is 7.11 Å². The van der Waals surface area contributed by atoms with Gasteiger partial charge in [0.15, 0.2) is 12.4 Å². The third kappa shape index (κ3) is 2.73. The van der Waals surface area contributed by atoms with Crippen LogP contribution in [-0.2, 0) is 23.7 Å². The summed E-state index contributed by atoms with van der Waals surface area (Å²) in [5.41, 5.74) is 0.803. The molecule has 2 saturated heterocycles. The summed E-state index contributed by atoms with van der Waals surface area (Å²) in [6.45, 7) is 0.140. The number of aliphatic hydroxyl groups excluding tert-OH is 2. The van der Waals surface area contributed by atoms with Crippen LogP contribution in [0.15, 0.2) is 30.3 Å². The van der Waals surface area contributed by atoms with Crippen LogP contribution >= 0.6 is 0 Å². The van der Waals surface area contributed by atoms with Crippen LogP contribution in [0.25, 0.3) is 0 Å². The lowest BCUT2D eigenvalue weighted by Gasteiger charge is -2.45. The number of carbonyl (C=O) groups excluding carboxylic acids is 1. The van der Waals surface area contributed by atoms with Crippen molar-refractivity contribution < 1.29 is 34.0 Å². The first-order valence-corrected chi connectivity index (χ1v) is 7.03. The second-order valence-electron chi connectivity index (χ2n) is 5.28. The smallest absolute Gasteiger partial charge is 0.337 e.